The minimum absolute atomic E-state index is 0.848. The highest BCUT2D eigenvalue weighted by molar-refractivity contribution is 5.13. The molecule has 0 aromatic heterocycles. The van der Waals surface area contributed by atoms with Crippen molar-refractivity contribution in [3.8, 4) is 0 Å². The second-order valence-corrected chi connectivity index (χ2v) is 5.14. The molecular weight excluding hydrogens is 184 g/mol. The van der Waals surface area contributed by atoms with Crippen LogP contribution in [-0.4, -0.2) is 13.1 Å². The number of fused-ring (bicyclic) bond motifs is 2. The number of allylic oxidation sites excluding steroid dienone is 2. The number of rotatable bonds is 6. The van der Waals surface area contributed by atoms with Crippen molar-refractivity contribution in [2.24, 2.45) is 35.1 Å². The number of hydrogen-bond acceptors (Lipinski definition) is 2. The van der Waals surface area contributed by atoms with E-state index in [9.17, 15) is 0 Å². The van der Waals surface area contributed by atoms with Gasteiger partial charge in [0.15, 0.2) is 0 Å². The second-order valence-electron chi connectivity index (χ2n) is 5.14. The van der Waals surface area contributed by atoms with Crippen molar-refractivity contribution in [1.82, 2.24) is 0 Å². The van der Waals surface area contributed by atoms with Gasteiger partial charge in [0, 0.05) is 0 Å². The average Bonchev–Trinajstić information content (AvgIpc) is 2.83. The first kappa shape index (κ1) is 11.2. The maximum absolute atomic E-state index is 5.61. The molecule has 4 unspecified atom stereocenters. The molecule has 86 valence electrons. The summed E-state index contributed by atoms with van der Waals surface area (Å²) in [5.41, 5.74) is 11.2. The molecule has 2 nitrogen and oxygen atoms in total. The van der Waals surface area contributed by atoms with Gasteiger partial charge >= 0.3 is 0 Å². The van der Waals surface area contributed by atoms with Crippen LogP contribution in [0.15, 0.2) is 12.2 Å². The summed E-state index contributed by atoms with van der Waals surface area (Å²) in [4.78, 5) is 0. The summed E-state index contributed by atoms with van der Waals surface area (Å²) in [7, 11) is 0. The van der Waals surface area contributed by atoms with Gasteiger partial charge in [-0.05, 0) is 68.9 Å². The van der Waals surface area contributed by atoms with E-state index in [-0.39, 0.29) is 0 Å². The molecule has 0 saturated heterocycles. The molecule has 0 radical (unpaired) electrons. The molecule has 4 N–H and O–H groups in total. The molecule has 2 aliphatic carbocycles. The molecule has 0 aromatic rings. The summed E-state index contributed by atoms with van der Waals surface area (Å²) in [6, 6.07) is 0. The van der Waals surface area contributed by atoms with E-state index in [4.69, 9.17) is 11.5 Å². The van der Waals surface area contributed by atoms with Crippen LogP contribution in [-0.2, 0) is 0 Å². The average molecular weight is 208 g/mol. The molecule has 0 heterocycles. The zero-order valence-electron chi connectivity index (χ0n) is 9.57. The second kappa shape index (κ2) is 5.13. The van der Waals surface area contributed by atoms with Gasteiger partial charge < -0.3 is 11.5 Å². The van der Waals surface area contributed by atoms with E-state index in [1.54, 1.807) is 0 Å². The standard InChI is InChI=1S/C13H24N2/c14-7-1-3-12-10-5-6-11(9-10)13(12)4-2-8-15/h5-6,10-13H,1-4,7-9,14-15H2. The summed E-state index contributed by atoms with van der Waals surface area (Å²) in [5, 5.41) is 0. The quantitative estimate of drug-likeness (QED) is 0.655. The molecule has 2 rings (SSSR count). The molecular formula is C13H24N2. The van der Waals surface area contributed by atoms with E-state index in [0.29, 0.717) is 0 Å². The van der Waals surface area contributed by atoms with E-state index in [1.165, 1.54) is 32.1 Å². The highest BCUT2D eigenvalue weighted by atomic mass is 14.5. The molecule has 0 aliphatic heterocycles. The molecule has 4 atom stereocenters. The molecule has 2 aliphatic rings. The number of nitrogens with two attached hydrogens (primary N) is 2. The maximum atomic E-state index is 5.61. The van der Waals surface area contributed by atoms with Crippen LogP contribution < -0.4 is 11.5 Å². The van der Waals surface area contributed by atoms with Crippen molar-refractivity contribution >= 4 is 0 Å². The summed E-state index contributed by atoms with van der Waals surface area (Å²) in [6.07, 6.45) is 11.4. The smallest absolute Gasteiger partial charge is 0.00772 e. The van der Waals surface area contributed by atoms with Crippen LogP contribution in [0.2, 0.25) is 0 Å². The third kappa shape index (κ3) is 2.26. The first-order chi connectivity index (χ1) is 7.36. The molecule has 2 bridgehead atoms. The molecule has 1 saturated carbocycles. The Morgan fingerprint density at radius 3 is 1.73 bits per heavy atom. The highest BCUT2D eigenvalue weighted by Crippen LogP contribution is 2.51. The summed E-state index contributed by atoms with van der Waals surface area (Å²) in [5.74, 6) is 3.55. The normalized spacial score (nSPS) is 37.7. The minimum Gasteiger partial charge on any atom is -0.330 e. The van der Waals surface area contributed by atoms with Crippen molar-refractivity contribution < 1.29 is 0 Å². The SMILES string of the molecule is NCCCC1C2C=CC(C2)C1CCCN. The lowest BCUT2D eigenvalue weighted by molar-refractivity contribution is 0.268. The Morgan fingerprint density at radius 2 is 1.33 bits per heavy atom. The van der Waals surface area contributed by atoms with Gasteiger partial charge in [-0.2, -0.15) is 0 Å². The Balaban J connectivity index is 1.91. The number of hydrogen-bond donors (Lipinski definition) is 2. The first-order valence-corrected chi connectivity index (χ1v) is 6.45. The van der Waals surface area contributed by atoms with Crippen LogP contribution in [0.25, 0.3) is 0 Å². The van der Waals surface area contributed by atoms with Crippen molar-refractivity contribution in [2.75, 3.05) is 13.1 Å². The van der Waals surface area contributed by atoms with Crippen molar-refractivity contribution in [1.29, 1.82) is 0 Å². The van der Waals surface area contributed by atoms with Crippen LogP contribution in [0, 0.1) is 23.7 Å². The fourth-order valence-corrected chi connectivity index (χ4v) is 3.59. The Bertz CT molecular complexity index is 203. The van der Waals surface area contributed by atoms with Crippen molar-refractivity contribution in [3.05, 3.63) is 12.2 Å². The van der Waals surface area contributed by atoms with Crippen LogP contribution in [0.3, 0.4) is 0 Å². The molecule has 1 fully saturated rings. The van der Waals surface area contributed by atoms with Gasteiger partial charge in [0.25, 0.3) is 0 Å². The lowest BCUT2D eigenvalue weighted by atomic mass is 9.78. The summed E-state index contributed by atoms with van der Waals surface area (Å²) >= 11 is 0. The van der Waals surface area contributed by atoms with Gasteiger partial charge in [-0.3, -0.25) is 0 Å². The topological polar surface area (TPSA) is 52.0 Å². The van der Waals surface area contributed by atoms with Crippen LogP contribution >= 0.6 is 0 Å². The Morgan fingerprint density at radius 1 is 0.867 bits per heavy atom. The zero-order chi connectivity index (χ0) is 10.7. The van der Waals surface area contributed by atoms with E-state index in [2.05, 4.69) is 12.2 Å². The van der Waals surface area contributed by atoms with Crippen LogP contribution in [0.5, 0.6) is 0 Å². The highest BCUT2D eigenvalue weighted by Gasteiger charge is 2.42. The van der Waals surface area contributed by atoms with Gasteiger partial charge in [0.1, 0.15) is 0 Å². The van der Waals surface area contributed by atoms with Gasteiger partial charge in [-0.1, -0.05) is 12.2 Å². The Hall–Kier alpha value is -0.340. The van der Waals surface area contributed by atoms with E-state index in [1.807, 2.05) is 0 Å². The predicted molar refractivity (Wildman–Crippen MR) is 64.3 cm³/mol. The fraction of sp³-hybridized carbons (Fsp3) is 0.846. The third-order valence-corrected chi connectivity index (χ3v) is 4.28. The third-order valence-electron chi connectivity index (χ3n) is 4.28. The summed E-state index contributed by atoms with van der Waals surface area (Å²) in [6.45, 7) is 1.70. The lowest BCUT2D eigenvalue weighted by Gasteiger charge is -2.28. The monoisotopic (exact) mass is 208 g/mol. The Kier molecular flexibility index (Phi) is 3.81. The van der Waals surface area contributed by atoms with Gasteiger partial charge in [-0.15, -0.1) is 0 Å². The Labute approximate surface area is 93.1 Å². The maximum Gasteiger partial charge on any atom is -0.00772 e. The van der Waals surface area contributed by atoms with Crippen LogP contribution in [0.4, 0.5) is 0 Å². The zero-order valence-corrected chi connectivity index (χ0v) is 9.57. The van der Waals surface area contributed by atoms with E-state index in [0.717, 1.165) is 36.8 Å². The van der Waals surface area contributed by atoms with Gasteiger partial charge in [-0.25, -0.2) is 0 Å². The molecule has 2 heteroatoms. The van der Waals surface area contributed by atoms with Crippen molar-refractivity contribution in [3.63, 3.8) is 0 Å². The first-order valence-electron chi connectivity index (χ1n) is 6.45. The predicted octanol–water partition coefficient (Wildman–Crippen LogP) is 1.90. The lowest BCUT2D eigenvalue weighted by Crippen LogP contribution is -2.21. The summed E-state index contributed by atoms with van der Waals surface area (Å²) < 4.78 is 0. The van der Waals surface area contributed by atoms with Gasteiger partial charge in [0.2, 0.25) is 0 Å². The van der Waals surface area contributed by atoms with E-state index < -0.39 is 0 Å². The minimum atomic E-state index is 0.848. The molecule has 0 amide bonds. The molecule has 0 aromatic carbocycles. The molecule has 15 heavy (non-hydrogen) atoms. The fourth-order valence-electron chi connectivity index (χ4n) is 3.59. The van der Waals surface area contributed by atoms with E-state index >= 15 is 0 Å². The van der Waals surface area contributed by atoms with Crippen molar-refractivity contribution in [2.45, 2.75) is 32.1 Å². The largest absolute Gasteiger partial charge is 0.330 e. The van der Waals surface area contributed by atoms with Gasteiger partial charge in [0.05, 0.1) is 0 Å². The molecule has 0 spiro atoms. The van der Waals surface area contributed by atoms with Crippen LogP contribution in [0.1, 0.15) is 32.1 Å².